The van der Waals surface area contributed by atoms with Gasteiger partial charge in [0.2, 0.25) is 5.91 Å². The highest BCUT2D eigenvalue weighted by molar-refractivity contribution is 7.80. The summed E-state index contributed by atoms with van der Waals surface area (Å²) in [7, 11) is 1.62. The van der Waals surface area contributed by atoms with E-state index >= 15 is 0 Å². The molecule has 1 saturated heterocycles. The standard InChI is InChI=1S/C21H24N2O3S/c1-26-17-8-6-15(7-9-17)14-20(24)22-16-10-12-23(13-11-16)21(25)18-4-2-3-5-19(18)27/h2-9,16,27H,10-14H2,1H3,(H,22,24). The van der Waals surface area contributed by atoms with Crippen LogP contribution in [0.5, 0.6) is 5.75 Å². The van der Waals surface area contributed by atoms with E-state index in [4.69, 9.17) is 4.74 Å². The van der Waals surface area contributed by atoms with Gasteiger partial charge in [0.15, 0.2) is 0 Å². The number of thiol groups is 1. The van der Waals surface area contributed by atoms with Gasteiger partial charge in [-0.05, 0) is 42.7 Å². The minimum atomic E-state index is 0.00334. The number of piperidine rings is 1. The first-order valence-corrected chi connectivity index (χ1v) is 9.51. The third-order valence-corrected chi connectivity index (χ3v) is 5.20. The van der Waals surface area contributed by atoms with Gasteiger partial charge >= 0.3 is 0 Å². The fourth-order valence-corrected chi connectivity index (χ4v) is 3.52. The monoisotopic (exact) mass is 384 g/mol. The molecule has 1 aliphatic heterocycles. The number of rotatable bonds is 5. The molecule has 27 heavy (non-hydrogen) atoms. The molecule has 1 N–H and O–H groups in total. The van der Waals surface area contributed by atoms with Crippen molar-refractivity contribution in [2.75, 3.05) is 20.2 Å². The molecule has 3 rings (SSSR count). The SMILES string of the molecule is COc1ccc(CC(=O)NC2CCN(C(=O)c3ccccc3S)CC2)cc1. The molecular formula is C21H24N2O3S. The maximum atomic E-state index is 12.6. The molecule has 0 aliphatic carbocycles. The number of benzene rings is 2. The van der Waals surface area contributed by atoms with Gasteiger partial charge in [0.25, 0.3) is 5.91 Å². The fourth-order valence-electron chi connectivity index (χ4n) is 3.26. The van der Waals surface area contributed by atoms with E-state index in [1.165, 1.54) is 0 Å². The van der Waals surface area contributed by atoms with Crippen molar-refractivity contribution in [3.63, 3.8) is 0 Å². The quantitative estimate of drug-likeness (QED) is 0.780. The number of likely N-dealkylation sites (tertiary alicyclic amines) is 1. The zero-order valence-electron chi connectivity index (χ0n) is 15.4. The first kappa shape index (κ1) is 19.3. The van der Waals surface area contributed by atoms with Crippen molar-refractivity contribution in [1.82, 2.24) is 10.2 Å². The molecule has 0 saturated carbocycles. The Kier molecular flexibility index (Phi) is 6.40. The molecule has 1 aliphatic rings. The Hall–Kier alpha value is -2.47. The molecule has 0 bridgehead atoms. The molecule has 1 fully saturated rings. The van der Waals surface area contributed by atoms with Gasteiger partial charge in [-0.2, -0.15) is 0 Å². The van der Waals surface area contributed by atoms with Crippen molar-refractivity contribution in [2.24, 2.45) is 0 Å². The summed E-state index contributed by atoms with van der Waals surface area (Å²) in [6.07, 6.45) is 1.86. The number of amides is 2. The van der Waals surface area contributed by atoms with Crippen LogP contribution in [-0.4, -0.2) is 43.0 Å². The molecular weight excluding hydrogens is 360 g/mol. The third-order valence-electron chi connectivity index (χ3n) is 4.81. The molecule has 142 valence electrons. The highest BCUT2D eigenvalue weighted by atomic mass is 32.1. The van der Waals surface area contributed by atoms with E-state index in [-0.39, 0.29) is 17.9 Å². The molecule has 0 radical (unpaired) electrons. The lowest BCUT2D eigenvalue weighted by molar-refractivity contribution is -0.121. The molecule has 2 amide bonds. The van der Waals surface area contributed by atoms with Crippen LogP contribution in [0.3, 0.4) is 0 Å². The van der Waals surface area contributed by atoms with Crippen LogP contribution in [0.2, 0.25) is 0 Å². The third kappa shape index (κ3) is 5.04. The van der Waals surface area contributed by atoms with Crippen LogP contribution < -0.4 is 10.1 Å². The normalized spacial score (nSPS) is 14.7. The van der Waals surface area contributed by atoms with E-state index in [9.17, 15) is 9.59 Å². The van der Waals surface area contributed by atoms with Crippen LogP contribution >= 0.6 is 12.6 Å². The summed E-state index contributed by atoms with van der Waals surface area (Å²) in [5.41, 5.74) is 1.58. The van der Waals surface area contributed by atoms with Gasteiger partial charge < -0.3 is 15.0 Å². The van der Waals surface area contributed by atoms with Gasteiger partial charge in [0.05, 0.1) is 19.1 Å². The van der Waals surface area contributed by atoms with E-state index < -0.39 is 0 Å². The van der Waals surface area contributed by atoms with Crippen LogP contribution in [0.4, 0.5) is 0 Å². The zero-order valence-corrected chi connectivity index (χ0v) is 16.2. The van der Waals surface area contributed by atoms with Crippen LogP contribution in [0.15, 0.2) is 53.4 Å². The van der Waals surface area contributed by atoms with E-state index in [1.54, 1.807) is 13.2 Å². The molecule has 1 heterocycles. The van der Waals surface area contributed by atoms with Crippen molar-refractivity contribution in [1.29, 1.82) is 0 Å². The number of nitrogens with one attached hydrogen (secondary N) is 1. The lowest BCUT2D eigenvalue weighted by atomic mass is 10.0. The summed E-state index contributed by atoms with van der Waals surface area (Å²) in [6.45, 7) is 1.27. The summed E-state index contributed by atoms with van der Waals surface area (Å²) in [5.74, 6) is 0.785. The highest BCUT2D eigenvalue weighted by Gasteiger charge is 2.25. The Morgan fingerprint density at radius 3 is 2.41 bits per heavy atom. The van der Waals surface area contributed by atoms with Gasteiger partial charge in [-0.15, -0.1) is 12.6 Å². The lowest BCUT2D eigenvalue weighted by Gasteiger charge is -2.32. The predicted octanol–water partition coefficient (Wildman–Crippen LogP) is 2.95. The van der Waals surface area contributed by atoms with Crippen LogP contribution in [0.25, 0.3) is 0 Å². The Balaban J connectivity index is 1.48. The topological polar surface area (TPSA) is 58.6 Å². The van der Waals surface area contributed by atoms with Gasteiger partial charge in [-0.3, -0.25) is 9.59 Å². The predicted molar refractivity (Wildman–Crippen MR) is 107 cm³/mol. The second-order valence-corrected chi connectivity index (χ2v) is 7.16. The van der Waals surface area contributed by atoms with E-state index in [1.807, 2.05) is 47.4 Å². The average molecular weight is 385 g/mol. The number of carbonyl (C=O) groups excluding carboxylic acids is 2. The summed E-state index contributed by atoms with van der Waals surface area (Å²) >= 11 is 4.37. The molecule has 0 aromatic heterocycles. The molecule has 0 spiro atoms. The van der Waals surface area contributed by atoms with Gasteiger partial charge in [-0.1, -0.05) is 24.3 Å². The summed E-state index contributed by atoms with van der Waals surface area (Å²) in [6, 6.07) is 14.9. The Labute approximate surface area is 165 Å². The van der Waals surface area contributed by atoms with Crippen LogP contribution in [0, 0.1) is 0 Å². The fraction of sp³-hybridized carbons (Fsp3) is 0.333. The van der Waals surface area contributed by atoms with E-state index in [0.29, 0.717) is 30.0 Å². The summed E-state index contributed by atoms with van der Waals surface area (Å²) < 4.78 is 5.13. The number of ether oxygens (including phenoxy) is 1. The number of hydrogen-bond acceptors (Lipinski definition) is 4. The molecule has 0 atom stereocenters. The number of carbonyl (C=O) groups is 2. The minimum Gasteiger partial charge on any atom is -0.497 e. The van der Waals surface area contributed by atoms with Crippen LogP contribution in [-0.2, 0) is 11.2 Å². The smallest absolute Gasteiger partial charge is 0.254 e. The molecule has 5 nitrogen and oxygen atoms in total. The van der Waals surface area contributed by atoms with Gasteiger partial charge in [-0.25, -0.2) is 0 Å². The summed E-state index contributed by atoms with van der Waals surface area (Å²) in [5, 5.41) is 3.08. The van der Waals surface area contributed by atoms with Gasteiger partial charge in [0.1, 0.15) is 5.75 Å². The van der Waals surface area contributed by atoms with E-state index in [2.05, 4.69) is 17.9 Å². The second-order valence-electron chi connectivity index (χ2n) is 6.68. The van der Waals surface area contributed by atoms with E-state index in [0.717, 1.165) is 24.2 Å². The van der Waals surface area contributed by atoms with Crippen molar-refractivity contribution in [3.05, 3.63) is 59.7 Å². The molecule has 0 unspecified atom stereocenters. The van der Waals surface area contributed by atoms with Gasteiger partial charge in [0, 0.05) is 24.0 Å². The molecule has 6 heteroatoms. The molecule has 2 aromatic carbocycles. The number of methoxy groups -OCH3 is 1. The number of hydrogen-bond donors (Lipinski definition) is 2. The van der Waals surface area contributed by atoms with Crippen molar-refractivity contribution >= 4 is 24.4 Å². The largest absolute Gasteiger partial charge is 0.497 e. The van der Waals surface area contributed by atoms with Crippen molar-refractivity contribution < 1.29 is 14.3 Å². The summed E-state index contributed by atoms with van der Waals surface area (Å²) in [4.78, 5) is 27.4. The maximum Gasteiger partial charge on any atom is 0.254 e. The molecule has 2 aromatic rings. The number of nitrogens with zero attached hydrogens (tertiary/aromatic N) is 1. The maximum absolute atomic E-state index is 12.6. The second kappa shape index (κ2) is 8.95. The van der Waals surface area contributed by atoms with Crippen LogP contribution in [0.1, 0.15) is 28.8 Å². The Morgan fingerprint density at radius 2 is 1.78 bits per heavy atom. The zero-order chi connectivity index (χ0) is 19.2. The first-order valence-electron chi connectivity index (χ1n) is 9.06. The Bertz CT molecular complexity index is 799. The first-order chi connectivity index (χ1) is 13.1. The lowest BCUT2D eigenvalue weighted by Crippen LogP contribution is -2.47. The average Bonchev–Trinajstić information content (AvgIpc) is 2.69. The van der Waals surface area contributed by atoms with Crippen molar-refractivity contribution in [3.8, 4) is 5.75 Å². The Morgan fingerprint density at radius 1 is 1.11 bits per heavy atom. The highest BCUT2D eigenvalue weighted by Crippen LogP contribution is 2.19. The van der Waals surface area contributed by atoms with Crippen molar-refractivity contribution in [2.45, 2.75) is 30.2 Å². The minimum absolute atomic E-state index is 0.00334.